The molecule has 0 unspecified atom stereocenters. The number of halogens is 1. The highest BCUT2D eigenvalue weighted by Gasteiger charge is 2.19. The standard InChI is InChI=1S/C13H18ClN/c1-3-11-9-13(14)10(2)15(11)12-7-5-4-6-8-12/h3,9,12H,1,4-8H2,2H3. The molecule has 1 nitrogen and oxygen atoms in total. The second kappa shape index (κ2) is 4.44. The fraction of sp³-hybridized carbons (Fsp3) is 0.538. The van der Waals surface area contributed by atoms with Crippen LogP contribution in [0.2, 0.25) is 5.02 Å². The van der Waals surface area contributed by atoms with Gasteiger partial charge in [-0.2, -0.15) is 0 Å². The smallest absolute Gasteiger partial charge is 0.0618 e. The monoisotopic (exact) mass is 223 g/mol. The second-order valence-electron chi connectivity index (χ2n) is 4.37. The summed E-state index contributed by atoms with van der Waals surface area (Å²) >= 11 is 6.16. The second-order valence-corrected chi connectivity index (χ2v) is 4.78. The fourth-order valence-electron chi connectivity index (χ4n) is 2.59. The van der Waals surface area contributed by atoms with Crippen molar-refractivity contribution in [2.24, 2.45) is 0 Å². The summed E-state index contributed by atoms with van der Waals surface area (Å²) < 4.78 is 2.37. The lowest BCUT2D eigenvalue weighted by atomic mass is 9.95. The highest BCUT2D eigenvalue weighted by atomic mass is 35.5. The van der Waals surface area contributed by atoms with E-state index in [1.807, 2.05) is 12.1 Å². The molecule has 15 heavy (non-hydrogen) atoms. The molecule has 2 heteroatoms. The van der Waals surface area contributed by atoms with Crippen LogP contribution in [0.4, 0.5) is 0 Å². The molecule has 1 fully saturated rings. The summed E-state index contributed by atoms with van der Waals surface area (Å²) in [6, 6.07) is 2.66. The Kier molecular flexibility index (Phi) is 3.20. The van der Waals surface area contributed by atoms with Gasteiger partial charge in [-0.1, -0.05) is 37.4 Å². The number of hydrogen-bond acceptors (Lipinski definition) is 0. The van der Waals surface area contributed by atoms with Crippen LogP contribution < -0.4 is 0 Å². The van der Waals surface area contributed by atoms with Crippen molar-refractivity contribution in [2.75, 3.05) is 0 Å². The number of rotatable bonds is 2. The van der Waals surface area contributed by atoms with Crippen LogP contribution >= 0.6 is 11.6 Å². The normalized spacial score (nSPS) is 18.0. The number of aromatic nitrogens is 1. The molecule has 82 valence electrons. The fourth-order valence-corrected chi connectivity index (χ4v) is 2.80. The lowest BCUT2D eigenvalue weighted by Crippen LogP contribution is -2.15. The van der Waals surface area contributed by atoms with Crippen LogP contribution in [0.3, 0.4) is 0 Å². The maximum Gasteiger partial charge on any atom is 0.0618 e. The molecule has 1 aliphatic carbocycles. The molecule has 0 aromatic carbocycles. The van der Waals surface area contributed by atoms with E-state index < -0.39 is 0 Å². The third kappa shape index (κ3) is 1.98. The predicted molar refractivity (Wildman–Crippen MR) is 66.4 cm³/mol. The molecule has 1 saturated carbocycles. The first-order chi connectivity index (χ1) is 7.24. The molecule has 1 aliphatic rings. The van der Waals surface area contributed by atoms with E-state index in [0.717, 1.165) is 5.02 Å². The van der Waals surface area contributed by atoms with Crippen LogP contribution in [0.25, 0.3) is 6.08 Å². The molecule has 0 spiro atoms. The molecule has 0 saturated heterocycles. The molecule has 2 rings (SSSR count). The molecular weight excluding hydrogens is 206 g/mol. The third-order valence-electron chi connectivity index (χ3n) is 3.41. The highest BCUT2D eigenvalue weighted by Crippen LogP contribution is 2.33. The van der Waals surface area contributed by atoms with Gasteiger partial charge in [0.2, 0.25) is 0 Å². The van der Waals surface area contributed by atoms with Crippen LogP contribution in [0.1, 0.15) is 49.5 Å². The summed E-state index contributed by atoms with van der Waals surface area (Å²) in [5.74, 6) is 0. The quantitative estimate of drug-likeness (QED) is 0.691. The van der Waals surface area contributed by atoms with Gasteiger partial charge in [0.05, 0.1) is 5.02 Å². The van der Waals surface area contributed by atoms with Gasteiger partial charge in [-0.15, -0.1) is 0 Å². The van der Waals surface area contributed by atoms with E-state index in [0.29, 0.717) is 6.04 Å². The van der Waals surface area contributed by atoms with Gasteiger partial charge in [0.25, 0.3) is 0 Å². The van der Waals surface area contributed by atoms with Crippen molar-refractivity contribution >= 4 is 17.7 Å². The maximum absolute atomic E-state index is 6.16. The van der Waals surface area contributed by atoms with Crippen molar-refractivity contribution in [1.29, 1.82) is 0 Å². The Labute approximate surface area is 96.7 Å². The molecule has 0 radical (unpaired) electrons. The minimum atomic E-state index is 0.638. The zero-order chi connectivity index (χ0) is 10.8. The highest BCUT2D eigenvalue weighted by molar-refractivity contribution is 6.31. The minimum Gasteiger partial charge on any atom is -0.341 e. The lowest BCUT2D eigenvalue weighted by Gasteiger charge is -2.26. The summed E-state index contributed by atoms with van der Waals surface area (Å²) in [6.45, 7) is 5.96. The molecule has 1 aromatic heterocycles. The van der Waals surface area contributed by atoms with Crippen LogP contribution in [0.15, 0.2) is 12.6 Å². The van der Waals surface area contributed by atoms with Gasteiger partial charge in [0.1, 0.15) is 0 Å². The Morgan fingerprint density at radius 2 is 2.07 bits per heavy atom. The van der Waals surface area contributed by atoms with Gasteiger partial charge >= 0.3 is 0 Å². The summed E-state index contributed by atoms with van der Waals surface area (Å²) in [5, 5.41) is 0.871. The molecule has 1 aromatic rings. The van der Waals surface area contributed by atoms with Gasteiger partial charge < -0.3 is 4.57 Å². The maximum atomic E-state index is 6.16. The largest absolute Gasteiger partial charge is 0.341 e. The van der Waals surface area contributed by atoms with Crippen LogP contribution in [-0.2, 0) is 0 Å². The Bertz CT molecular complexity index is 359. The summed E-state index contributed by atoms with van der Waals surface area (Å²) in [6.07, 6.45) is 8.55. The molecular formula is C13H18ClN. The third-order valence-corrected chi connectivity index (χ3v) is 3.79. The van der Waals surface area contributed by atoms with E-state index in [4.69, 9.17) is 11.6 Å². The van der Waals surface area contributed by atoms with Crippen molar-refractivity contribution in [3.05, 3.63) is 29.1 Å². The van der Waals surface area contributed by atoms with Crippen LogP contribution in [0, 0.1) is 6.92 Å². The van der Waals surface area contributed by atoms with Gasteiger partial charge in [-0.05, 0) is 31.9 Å². The molecule has 0 N–H and O–H groups in total. The molecule has 0 atom stereocenters. The van der Waals surface area contributed by atoms with Crippen molar-refractivity contribution in [3.63, 3.8) is 0 Å². The zero-order valence-corrected chi connectivity index (χ0v) is 10.1. The SMILES string of the molecule is C=Cc1cc(Cl)c(C)n1C1CCCCC1. The Balaban J connectivity index is 2.35. The molecule has 1 heterocycles. The summed E-state index contributed by atoms with van der Waals surface area (Å²) in [5.41, 5.74) is 2.36. The Morgan fingerprint density at radius 3 is 2.67 bits per heavy atom. The first kappa shape index (κ1) is 10.8. The Morgan fingerprint density at radius 1 is 1.40 bits per heavy atom. The van der Waals surface area contributed by atoms with Gasteiger partial charge in [-0.3, -0.25) is 0 Å². The zero-order valence-electron chi connectivity index (χ0n) is 9.30. The van der Waals surface area contributed by atoms with Crippen molar-refractivity contribution < 1.29 is 0 Å². The topological polar surface area (TPSA) is 4.93 Å². The van der Waals surface area contributed by atoms with Gasteiger partial charge in [0.15, 0.2) is 0 Å². The van der Waals surface area contributed by atoms with E-state index in [2.05, 4.69) is 18.1 Å². The molecule has 0 bridgehead atoms. The lowest BCUT2D eigenvalue weighted by molar-refractivity contribution is 0.349. The van der Waals surface area contributed by atoms with E-state index in [9.17, 15) is 0 Å². The number of hydrogen-bond donors (Lipinski definition) is 0. The summed E-state index contributed by atoms with van der Waals surface area (Å²) in [4.78, 5) is 0. The minimum absolute atomic E-state index is 0.638. The molecule has 0 amide bonds. The Hall–Kier alpha value is -0.690. The average molecular weight is 224 g/mol. The van der Waals surface area contributed by atoms with Crippen molar-refractivity contribution in [2.45, 2.75) is 45.1 Å². The number of nitrogens with zero attached hydrogens (tertiary/aromatic N) is 1. The van der Waals surface area contributed by atoms with Gasteiger partial charge in [-0.25, -0.2) is 0 Å². The first-order valence-electron chi connectivity index (χ1n) is 5.74. The first-order valence-corrected chi connectivity index (χ1v) is 6.11. The van der Waals surface area contributed by atoms with E-state index in [1.165, 1.54) is 43.5 Å². The van der Waals surface area contributed by atoms with Crippen LogP contribution in [-0.4, -0.2) is 4.57 Å². The predicted octanol–water partition coefficient (Wildman–Crippen LogP) is 4.60. The average Bonchev–Trinajstić information content (AvgIpc) is 2.56. The van der Waals surface area contributed by atoms with Crippen molar-refractivity contribution in [3.8, 4) is 0 Å². The summed E-state index contributed by atoms with van der Waals surface area (Å²) in [7, 11) is 0. The van der Waals surface area contributed by atoms with E-state index in [-0.39, 0.29) is 0 Å². The van der Waals surface area contributed by atoms with Gasteiger partial charge in [0, 0.05) is 17.4 Å². The van der Waals surface area contributed by atoms with E-state index >= 15 is 0 Å². The molecule has 0 aliphatic heterocycles. The van der Waals surface area contributed by atoms with Crippen LogP contribution in [0.5, 0.6) is 0 Å². The van der Waals surface area contributed by atoms with Crippen molar-refractivity contribution in [1.82, 2.24) is 4.57 Å². The van der Waals surface area contributed by atoms with E-state index in [1.54, 1.807) is 0 Å².